The first-order chi connectivity index (χ1) is 9.78. The molecule has 0 heterocycles. The molecule has 0 fully saturated rings. The molecular weight excluding hydrogens is 240 g/mol. The maximum absolute atomic E-state index is 3.85. The molecule has 0 radical (unpaired) electrons. The normalized spacial score (nSPS) is 12.4. The molecule has 0 aromatic heterocycles. The Morgan fingerprint density at radius 2 is 1.80 bits per heavy atom. The van der Waals surface area contributed by atoms with Crippen LogP contribution in [0.5, 0.6) is 0 Å². The van der Waals surface area contributed by atoms with E-state index in [0.29, 0.717) is 0 Å². The summed E-state index contributed by atoms with van der Waals surface area (Å²) in [5.41, 5.74) is 3.66. The Bertz CT molecular complexity index is 684. The van der Waals surface area contributed by atoms with Crippen LogP contribution in [0.4, 0.5) is 0 Å². The Morgan fingerprint density at radius 3 is 2.45 bits per heavy atom. The van der Waals surface area contributed by atoms with Gasteiger partial charge in [-0.15, -0.1) is 0 Å². The summed E-state index contributed by atoms with van der Waals surface area (Å²) in [7, 11) is 0. The molecule has 0 N–H and O–H groups in total. The van der Waals surface area contributed by atoms with Gasteiger partial charge in [-0.05, 0) is 40.0 Å². The van der Waals surface area contributed by atoms with Crippen LogP contribution in [-0.2, 0) is 0 Å². The summed E-state index contributed by atoms with van der Waals surface area (Å²) in [6.45, 7) is 9.77. The van der Waals surface area contributed by atoms with Gasteiger partial charge in [0.15, 0.2) is 0 Å². The lowest BCUT2D eigenvalue weighted by Crippen LogP contribution is -1.85. The van der Waals surface area contributed by atoms with E-state index in [1.165, 1.54) is 21.9 Å². The SMILES string of the molecule is C=C/C=C(C=C)/C=C(/CC)c1ccc2ccccc2c1. The lowest BCUT2D eigenvalue weighted by atomic mass is 9.97. The molecular formula is C20H20. The van der Waals surface area contributed by atoms with Gasteiger partial charge in [0.2, 0.25) is 0 Å². The third kappa shape index (κ3) is 3.16. The van der Waals surface area contributed by atoms with Crippen molar-refractivity contribution in [3.05, 3.63) is 91.1 Å². The summed E-state index contributed by atoms with van der Waals surface area (Å²) in [4.78, 5) is 0. The maximum Gasteiger partial charge on any atom is -0.0178 e. The molecule has 0 saturated heterocycles. The Balaban J connectivity index is 2.48. The first-order valence-electron chi connectivity index (χ1n) is 6.93. The molecule has 2 aromatic rings. The number of hydrogen-bond donors (Lipinski definition) is 0. The highest BCUT2D eigenvalue weighted by molar-refractivity contribution is 5.86. The highest BCUT2D eigenvalue weighted by Gasteiger charge is 2.01. The molecule has 2 aromatic carbocycles. The number of benzene rings is 2. The number of allylic oxidation sites excluding steroid dienone is 6. The van der Waals surface area contributed by atoms with Gasteiger partial charge in [-0.2, -0.15) is 0 Å². The Labute approximate surface area is 121 Å². The molecule has 0 unspecified atom stereocenters. The van der Waals surface area contributed by atoms with Crippen molar-refractivity contribution in [1.29, 1.82) is 0 Å². The van der Waals surface area contributed by atoms with Gasteiger partial charge >= 0.3 is 0 Å². The molecule has 2 rings (SSSR count). The van der Waals surface area contributed by atoms with Gasteiger partial charge in [-0.3, -0.25) is 0 Å². The van der Waals surface area contributed by atoms with E-state index < -0.39 is 0 Å². The van der Waals surface area contributed by atoms with E-state index in [9.17, 15) is 0 Å². The zero-order valence-electron chi connectivity index (χ0n) is 12.0. The summed E-state index contributed by atoms with van der Waals surface area (Å²) >= 11 is 0. The number of rotatable bonds is 5. The van der Waals surface area contributed by atoms with Crippen molar-refractivity contribution in [3.63, 3.8) is 0 Å². The molecule has 0 bridgehead atoms. The van der Waals surface area contributed by atoms with E-state index in [4.69, 9.17) is 0 Å². The monoisotopic (exact) mass is 260 g/mol. The van der Waals surface area contributed by atoms with E-state index in [-0.39, 0.29) is 0 Å². The molecule has 0 nitrogen and oxygen atoms in total. The minimum absolute atomic E-state index is 0.987. The maximum atomic E-state index is 3.85. The van der Waals surface area contributed by atoms with Crippen LogP contribution in [0.15, 0.2) is 85.5 Å². The van der Waals surface area contributed by atoms with E-state index in [1.807, 2.05) is 12.2 Å². The van der Waals surface area contributed by atoms with Crippen LogP contribution in [0.1, 0.15) is 18.9 Å². The summed E-state index contributed by atoms with van der Waals surface area (Å²) in [6.07, 6.45) is 8.79. The van der Waals surface area contributed by atoms with Crippen molar-refractivity contribution in [1.82, 2.24) is 0 Å². The summed E-state index contributed by atoms with van der Waals surface area (Å²) in [5.74, 6) is 0. The average molecular weight is 260 g/mol. The molecule has 0 aliphatic carbocycles. The van der Waals surface area contributed by atoms with Crippen LogP contribution >= 0.6 is 0 Å². The molecule has 0 atom stereocenters. The molecule has 0 amide bonds. The summed E-state index contributed by atoms with van der Waals surface area (Å²) in [6, 6.07) is 15.1. The highest BCUT2D eigenvalue weighted by Crippen LogP contribution is 2.24. The number of fused-ring (bicyclic) bond motifs is 1. The van der Waals surface area contributed by atoms with E-state index >= 15 is 0 Å². The fourth-order valence-electron chi connectivity index (χ4n) is 2.29. The largest absolute Gasteiger partial charge is 0.0990 e. The third-order valence-electron chi connectivity index (χ3n) is 3.39. The molecule has 0 aliphatic rings. The first kappa shape index (κ1) is 14.1. The Kier molecular flexibility index (Phi) is 4.73. The van der Waals surface area contributed by atoms with Crippen molar-refractivity contribution in [2.75, 3.05) is 0 Å². The van der Waals surface area contributed by atoms with Crippen LogP contribution in [-0.4, -0.2) is 0 Å². The third-order valence-corrected chi connectivity index (χ3v) is 3.39. The highest BCUT2D eigenvalue weighted by atomic mass is 14.1. The molecule has 0 heteroatoms. The Morgan fingerprint density at radius 1 is 1.05 bits per heavy atom. The quantitative estimate of drug-likeness (QED) is 0.584. The fourth-order valence-corrected chi connectivity index (χ4v) is 2.29. The fraction of sp³-hybridized carbons (Fsp3) is 0.100. The zero-order valence-corrected chi connectivity index (χ0v) is 12.0. The van der Waals surface area contributed by atoms with Gasteiger partial charge < -0.3 is 0 Å². The minimum atomic E-state index is 0.987. The molecule has 0 saturated carbocycles. The van der Waals surface area contributed by atoms with E-state index in [2.05, 4.69) is 68.6 Å². The van der Waals surface area contributed by atoms with Crippen LogP contribution in [0.2, 0.25) is 0 Å². The lowest BCUT2D eigenvalue weighted by Gasteiger charge is -2.07. The van der Waals surface area contributed by atoms with Crippen molar-refractivity contribution in [3.8, 4) is 0 Å². The average Bonchev–Trinajstić information content (AvgIpc) is 2.51. The second-order valence-electron chi connectivity index (χ2n) is 4.69. The lowest BCUT2D eigenvalue weighted by molar-refractivity contribution is 1.24. The number of hydrogen-bond acceptors (Lipinski definition) is 0. The van der Waals surface area contributed by atoms with Crippen molar-refractivity contribution >= 4 is 16.3 Å². The smallest absolute Gasteiger partial charge is 0.0178 e. The van der Waals surface area contributed by atoms with Crippen LogP contribution in [0.3, 0.4) is 0 Å². The predicted octanol–water partition coefficient (Wildman–Crippen LogP) is 5.93. The van der Waals surface area contributed by atoms with Crippen LogP contribution in [0, 0.1) is 0 Å². The van der Waals surface area contributed by atoms with Gasteiger partial charge in [0.1, 0.15) is 0 Å². The van der Waals surface area contributed by atoms with Gasteiger partial charge in [-0.25, -0.2) is 0 Å². The molecule has 0 spiro atoms. The van der Waals surface area contributed by atoms with Crippen LogP contribution < -0.4 is 0 Å². The topological polar surface area (TPSA) is 0 Å². The minimum Gasteiger partial charge on any atom is -0.0990 e. The van der Waals surface area contributed by atoms with Crippen molar-refractivity contribution in [2.45, 2.75) is 13.3 Å². The van der Waals surface area contributed by atoms with Crippen LogP contribution in [0.25, 0.3) is 16.3 Å². The van der Waals surface area contributed by atoms with Crippen molar-refractivity contribution in [2.24, 2.45) is 0 Å². The predicted molar refractivity (Wildman–Crippen MR) is 90.7 cm³/mol. The van der Waals surface area contributed by atoms with Gasteiger partial charge in [0.05, 0.1) is 0 Å². The molecule has 100 valence electrons. The second kappa shape index (κ2) is 6.72. The van der Waals surface area contributed by atoms with Gasteiger partial charge in [0.25, 0.3) is 0 Å². The van der Waals surface area contributed by atoms with E-state index in [0.717, 1.165) is 12.0 Å². The van der Waals surface area contributed by atoms with Gasteiger partial charge in [-0.1, -0.05) is 80.8 Å². The summed E-state index contributed by atoms with van der Waals surface area (Å²) in [5, 5.41) is 2.55. The summed E-state index contributed by atoms with van der Waals surface area (Å²) < 4.78 is 0. The molecule has 0 aliphatic heterocycles. The second-order valence-corrected chi connectivity index (χ2v) is 4.69. The standard InChI is InChI=1S/C20H20/c1-4-9-16(5-2)14-17(6-3)20-13-12-18-10-7-8-11-19(18)15-20/h4-5,7-15H,1-2,6H2,3H3/b16-9+,17-14-. The zero-order chi connectivity index (χ0) is 14.4. The van der Waals surface area contributed by atoms with E-state index in [1.54, 1.807) is 6.08 Å². The van der Waals surface area contributed by atoms with Crippen molar-refractivity contribution < 1.29 is 0 Å². The molecule has 20 heavy (non-hydrogen) atoms. The van der Waals surface area contributed by atoms with Gasteiger partial charge in [0, 0.05) is 0 Å². The Hall–Kier alpha value is -2.34. The first-order valence-corrected chi connectivity index (χ1v) is 6.93.